The third kappa shape index (κ3) is 3.76. The summed E-state index contributed by atoms with van der Waals surface area (Å²) in [4.78, 5) is 2.52. The summed E-state index contributed by atoms with van der Waals surface area (Å²) < 4.78 is 80.5. The lowest BCUT2D eigenvalue weighted by molar-refractivity contribution is -0.287. The molecule has 0 spiro atoms. The van der Waals surface area contributed by atoms with Gasteiger partial charge in [-0.1, -0.05) is 0 Å². The number of ether oxygens (including phenoxy) is 2. The first kappa shape index (κ1) is 14.9. The fraction of sp³-hybridized carbons (Fsp3) is 0.222. The summed E-state index contributed by atoms with van der Waals surface area (Å²) in [5.41, 5.74) is 0.119. The number of thiazole rings is 1. The van der Waals surface area contributed by atoms with E-state index in [-0.39, 0.29) is 14.2 Å². The Morgan fingerprint density at radius 2 is 1.45 bits per heavy atom. The van der Waals surface area contributed by atoms with E-state index >= 15 is 0 Å². The van der Waals surface area contributed by atoms with E-state index in [1.54, 1.807) is 0 Å². The van der Waals surface area contributed by atoms with Crippen LogP contribution in [-0.4, -0.2) is 17.7 Å². The Morgan fingerprint density at radius 1 is 0.950 bits per heavy atom. The normalized spacial score (nSPS) is 12.7. The van der Waals surface area contributed by atoms with Gasteiger partial charge in [0.1, 0.15) is 0 Å². The largest absolute Gasteiger partial charge is 0.573 e. The monoisotopic (exact) mass is 335 g/mol. The zero-order valence-corrected chi connectivity index (χ0v) is 10.7. The molecule has 20 heavy (non-hydrogen) atoms. The molecule has 0 atom stereocenters. The molecular formula is C9H3F6NO2S2. The predicted octanol–water partition coefficient (Wildman–Crippen LogP) is 4.76. The topological polar surface area (TPSA) is 34.2 Å². The minimum atomic E-state index is -5.15. The molecule has 1 aromatic carbocycles. The Labute approximate surface area is 115 Å². The number of fused-ring (bicyclic) bond motifs is 1. The van der Waals surface area contributed by atoms with Crippen LogP contribution in [0.3, 0.4) is 0 Å². The smallest absolute Gasteiger partial charge is 0.402 e. The first-order valence-electron chi connectivity index (χ1n) is 4.72. The molecule has 0 radical (unpaired) electrons. The highest BCUT2D eigenvalue weighted by Gasteiger charge is 2.36. The molecular weight excluding hydrogens is 332 g/mol. The molecule has 0 aliphatic carbocycles. The quantitative estimate of drug-likeness (QED) is 0.635. The third-order valence-electron chi connectivity index (χ3n) is 1.94. The molecule has 0 aliphatic rings. The first-order valence-corrected chi connectivity index (χ1v) is 5.94. The highest BCUT2D eigenvalue weighted by Crippen LogP contribution is 2.39. The lowest BCUT2D eigenvalue weighted by Crippen LogP contribution is -2.21. The summed E-state index contributed by atoms with van der Waals surface area (Å²) in [7, 11) is 0. The van der Waals surface area contributed by atoms with Crippen LogP contribution in [0.5, 0.6) is 11.5 Å². The van der Waals surface area contributed by atoms with Crippen LogP contribution in [0.1, 0.15) is 0 Å². The maximum Gasteiger partial charge on any atom is 0.573 e. The van der Waals surface area contributed by atoms with E-state index in [1.165, 1.54) is 0 Å². The Morgan fingerprint density at radius 3 is 1.95 bits per heavy atom. The van der Waals surface area contributed by atoms with Crippen molar-refractivity contribution >= 4 is 33.8 Å². The van der Waals surface area contributed by atoms with Crippen LogP contribution in [0.15, 0.2) is 12.1 Å². The van der Waals surface area contributed by atoms with E-state index in [1.807, 2.05) is 0 Å². The van der Waals surface area contributed by atoms with Crippen LogP contribution in [0, 0.1) is 3.95 Å². The number of nitrogens with one attached hydrogen (secondary N) is 1. The molecule has 0 saturated heterocycles. The lowest BCUT2D eigenvalue weighted by atomic mass is 10.3. The molecule has 1 heterocycles. The van der Waals surface area contributed by atoms with Gasteiger partial charge in [-0.2, -0.15) is 0 Å². The molecule has 2 rings (SSSR count). The van der Waals surface area contributed by atoms with Gasteiger partial charge in [-0.25, -0.2) is 0 Å². The summed E-state index contributed by atoms with van der Waals surface area (Å²) in [6, 6.07) is 1.52. The van der Waals surface area contributed by atoms with Crippen LogP contribution in [0.4, 0.5) is 26.3 Å². The molecule has 1 N–H and O–H groups in total. The summed E-state index contributed by atoms with van der Waals surface area (Å²) in [5.74, 6) is -2.20. The second kappa shape index (κ2) is 4.81. The fourth-order valence-corrected chi connectivity index (χ4v) is 2.49. The van der Waals surface area contributed by atoms with Gasteiger partial charge in [0, 0.05) is 12.1 Å². The average molecular weight is 335 g/mol. The van der Waals surface area contributed by atoms with E-state index in [0.717, 1.165) is 23.5 Å². The molecule has 0 unspecified atom stereocenters. The Kier molecular flexibility index (Phi) is 3.58. The summed E-state index contributed by atoms with van der Waals surface area (Å²) >= 11 is 5.65. The van der Waals surface area contributed by atoms with Crippen molar-refractivity contribution in [2.45, 2.75) is 12.7 Å². The maximum absolute atomic E-state index is 12.2. The molecule has 3 nitrogen and oxygen atoms in total. The molecule has 0 bridgehead atoms. The van der Waals surface area contributed by atoms with E-state index in [2.05, 4.69) is 14.5 Å². The number of alkyl halides is 6. The fourth-order valence-electron chi connectivity index (χ4n) is 1.37. The summed E-state index contributed by atoms with van der Waals surface area (Å²) in [6.07, 6.45) is -10.3. The molecule has 11 heteroatoms. The van der Waals surface area contributed by atoms with E-state index in [9.17, 15) is 26.3 Å². The molecule has 0 fully saturated rings. The SMILES string of the molecule is FC(F)(F)Oc1cc2[nH]c(=S)sc2cc1OC(F)(F)F. The van der Waals surface area contributed by atoms with Gasteiger partial charge in [-0.05, 0) is 12.2 Å². The number of benzene rings is 1. The Balaban J connectivity index is 2.55. The van der Waals surface area contributed by atoms with Crippen molar-refractivity contribution < 1.29 is 35.8 Å². The van der Waals surface area contributed by atoms with Crippen molar-refractivity contribution in [1.82, 2.24) is 4.98 Å². The van der Waals surface area contributed by atoms with Crippen LogP contribution >= 0.6 is 23.6 Å². The van der Waals surface area contributed by atoms with Crippen molar-refractivity contribution in [2.24, 2.45) is 0 Å². The lowest BCUT2D eigenvalue weighted by Gasteiger charge is -2.15. The van der Waals surface area contributed by atoms with Crippen molar-refractivity contribution in [2.75, 3.05) is 0 Å². The van der Waals surface area contributed by atoms with Gasteiger partial charge in [0.2, 0.25) is 0 Å². The highest BCUT2D eigenvalue weighted by molar-refractivity contribution is 7.73. The number of hydrogen-bond donors (Lipinski definition) is 1. The van der Waals surface area contributed by atoms with Gasteiger partial charge in [0.05, 0.1) is 10.2 Å². The van der Waals surface area contributed by atoms with Gasteiger partial charge in [-0.3, -0.25) is 0 Å². The molecule has 0 amide bonds. The van der Waals surface area contributed by atoms with Gasteiger partial charge in [0.25, 0.3) is 0 Å². The van der Waals surface area contributed by atoms with Gasteiger partial charge >= 0.3 is 12.7 Å². The second-order valence-electron chi connectivity index (χ2n) is 3.41. The molecule has 0 saturated carbocycles. The minimum absolute atomic E-state index is 0.119. The van der Waals surface area contributed by atoms with E-state index in [0.29, 0.717) is 0 Å². The van der Waals surface area contributed by atoms with Gasteiger partial charge in [0.15, 0.2) is 15.5 Å². The standard InChI is InChI=1S/C9H3F6NO2S2/c10-8(11,12)17-4-1-3-6(20-7(19)16-3)2-5(4)18-9(13,14)15/h1-2H,(H,16,19). The van der Waals surface area contributed by atoms with Crippen LogP contribution in [0.2, 0.25) is 0 Å². The zero-order chi connectivity index (χ0) is 15.1. The molecule has 0 aliphatic heterocycles. The number of aromatic nitrogens is 1. The second-order valence-corrected chi connectivity index (χ2v) is 5.12. The predicted molar refractivity (Wildman–Crippen MR) is 60.4 cm³/mol. The summed E-state index contributed by atoms with van der Waals surface area (Å²) in [5, 5.41) is 0. The zero-order valence-electron chi connectivity index (χ0n) is 9.06. The van der Waals surface area contributed by atoms with Gasteiger partial charge in [-0.15, -0.1) is 37.7 Å². The van der Waals surface area contributed by atoms with Crippen LogP contribution < -0.4 is 9.47 Å². The molecule has 2 aromatic rings. The molecule has 1 aromatic heterocycles. The van der Waals surface area contributed by atoms with Crippen molar-refractivity contribution in [3.63, 3.8) is 0 Å². The maximum atomic E-state index is 12.2. The summed E-state index contributed by atoms with van der Waals surface area (Å²) in [6.45, 7) is 0. The number of rotatable bonds is 2. The Bertz CT molecular complexity index is 630. The third-order valence-corrected chi connectivity index (χ3v) is 3.13. The van der Waals surface area contributed by atoms with Crippen molar-refractivity contribution in [1.29, 1.82) is 0 Å². The number of aromatic amines is 1. The van der Waals surface area contributed by atoms with E-state index < -0.39 is 24.2 Å². The van der Waals surface area contributed by atoms with Crippen LogP contribution in [-0.2, 0) is 0 Å². The highest BCUT2D eigenvalue weighted by atomic mass is 32.1. The number of H-pyrrole nitrogens is 1. The Hall–Kier alpha value is -1.49. The first-order chi connectivity index (χ1) is 9.03. The molecule has 110 valence electrons. The van der Waals surface area contributed by atoms with Crippen molar-refractivity contribution in [3.8, 4) is 11.5 Å². The van der Waals surface area contributed by atoms with Crippen molar-refractivity contribution in [3.05, 3.63) is 16.1 Å². The number of hydrogen-bond acceptors (Lipinski definition) is 4. The average Bonchev–Trinajstić information content (AvgIpc) is 2.53. The van der Waals surface area contributed by atoms with E-state index in [4.69, 9.17) is 12.2 Å². The van der Waals surface area contributed by atoms with Crippen LogP contribution in [0.25, 0.3) is 10.2 Å². The number of halogens is 6. The van der Waals surface area contributed by atoms with Gasteiger partial charge < -0.3 is 14.5 Å². The minimum Gasteiger partial charge on any atom is -0.402 e.